The van der Waals surface area contributed by atoms with Gasteiger partial charge in [-0.15, -0.1) is 0 Å². The van der Waals surface area contributed by atoms with Crippen molar-refractivity contribution < 1.29 is 14.6 Å². The van der Waals surface area contributed by atoms with Crippen LogP contribution in [0.5, 0.6) is 11.5 Å². The summed E-state index contributed by atoms with van der Waals surface area (Å²) in [5.74, 6) is 1.43. The summed E-state index contributed by atoms with van der Waals surface area (Å²) in [5, 5.41) is 10.4. The van der Waals surface area contributed by atoms with Gasteiger partial charge in [0.25, 0.3) is 0 Å². The number of methoxy groups -OCH3 is 2. The van der Waals surface area contributed by atoms with Gasteiger partial charge >= 0.3 is 0 Å². The molecule has 1 heterocycles. The number of nitrogens with zero attached hydrogens (tertiary/aromatic N) is 1. The smallest absolute Gasteiger partial charge is 0.124 e. The Morgan fingerprint density at radius 1 is 1.29 bits per heavy atom. The van der Waals surface area contributed by atoms with Crippen molar-refractivity contribution in [3.05, 3.63) is 23.8 Å². The number of ether oxygens (including phenoxy) is 2. The SMILES string of the molecule is COc1ccc(OC)c(C(O)CCN2CCC(N)CC2)c1. The van der Waals surface area contributed by atoms with Crippen molar-refractivity contribution in [2.45, 2.75) is 31.4 Å². The third-order valence-corrected chi connectivity index (χ3v) is 4.15. The fraction of sp³-hybridized carbons (Fsp3) is 0.625. The molecule has 5 nitrogen and oxygen atoms in total. The number of hydrogen-bond donors (Lipinski definition) is 2. The van der Waals surface area contributed by atoms with Crippen LogP contribution in [-0.2, 0) is 0 Å². The maximum absolute atomic E-state index is 10.4. The summed E-state index contributed by atoms with van der Waals surface area (Å²) < 4.78 is 10.5. The summed E-state index contributed by atoms with van der Waals surface area (Å²) in [6, 6.07) is 5.85. The maximum atomic E-state index is 10.4. The average Bonchev–Trinajstić information content (AvgIpc) is 2.53. The molecule has 0 bridgehead atoms. The van der Waals surface area contributed by atoms with E-state index in [0.717, 1.165) is 43.8 Å². The summed E-state index contributed by atoms with van der Waals surface area (Å²) in [6.07, 6.45) is 2.21. The van der Waals surface area contributed by atoms with Crippen LogP contribution in [0.3, 0.4) is 0 Å². The first-order chi connectivity index (χ1) is 10.1. The van der Waals surface area contributed by atoms with Crippen LogP contribution < -0.4 is 15.2 Å². The number of piperidine rings is 1. The van der Waals surface area contributed by atoms with E-state index >= 15 is 0 Å². The highest BCUT2D eigenvalue weighted by Gasteiger charge is 2.19. The molecule has 1 aliphatic heterocycles. The lowest BCUT2D eigenvalue weighted by molar-refractivity contribution is 0.128. The molecule has 0 radical (unpaired) electrons. The molecule has 0 amide bonds. The van der Waals surface area contributed by atoms with Gasteiger partial charge in [0.2, 0.25) is 0 Å². The molecular formula is C16H26N2O3. The van der Waals surface area contributed by atoms with E-state index in [4.69, 9.17) is 15.2 Å². The lowest BCUT2D eigenvalue weighted by atomic mass is 10.0. The fourth-order valence-electron chi connectivity index (χ4n) is 2.74. The van der Waals surface area contributed by atoms with E-state index in [1.807, 2.05) is 18.2 Å². The number of nitrogens with two attached hydrogens (primary N) is 1. The first-order valence-corrected chi connectivity index (χ1v) is 7.52. The summed E-state index contributed by atoms with van der Waals surface area (Å²) in [5.41, 5.74) is 6.69. The molecule has 0 saturated carbocycles. The molecule has 1 aromatic rings. The highest BCUT2D eigenvalue weighted by molar-refractivity contribution is 5.41. The molecule has 1 saturated heterocycles. The Morgan fingerprint density at radius 2 is 2.00 bits per heavy atom. The topological polar surface area (TPSA) is 68.0 Å². The van der Waals surface area contributed by atoms with Gasteiger partial charge < -0.3 is 25.2 Å². The molecule has 3 N–H and O–H groups in total. The van der Waals surface area contributed by atoms with Crippen molar-refractivity contribution in [1.29, 1.82) is 0 Å². The van der Waals surface area contributed by atoms with Gasteiger partial charge in [0, 0.05) is 18.2 Å². The highest BCUT2D eigenvalue weighted by Crippen LogP contribution is 2.31. The van der Waals surface area contributed by atoms with Crippen molar-refractivity contribution in [1.82, 2.24) is 4.90 Å². The summed E-state index contributed by atoms with van der Waals surface area (Å²) in [7, 11) is 3.24. The molecule has 1 atom stereocenters. The Kier molecular flexibility index (Phi) is 5.85. The molecule has 0 aliphatic carbocycles. The van der Waals surface area contributed by atoms with Crippen molar-refractivity contribution in [2.24, 2.45) is 5.73 Å². The Bertz CT molecular complexity index is 445. The van der Waals surface area contributed by atoms with Crippen molar-refractivity contribution >= 4 is 0 Å². The van der Waals surface area contributed by atoms with Crippen molar-refractivity contribution in [2.75, 3.05) is 33.9 Å². The Balaban J connectivity index is 1.94. The molecule has 1 aromatic carbocycles. The van der Waals surface area contributed by atoms with E-state index in [0.29, 0.717) is 18.2 Å². The third kappa shape index (κ3) is 4.33. The number of benzene rings is 1. The molecule has 0 spiro atoms. The van der Waals surface area contributed by atoms with Crippen LogP contribution in [0.15, 0.2) is 18.2 Å². The van der Waals surface area contributed by atoms with Crippen LogP contribution in [0.2, 0.25) is 0 Å². The molecule has 2 rings (SSSR count). The van der Waals surface area contributed by atoms with E-state index in [1.165, 1.54) is 0 Å². The van der Waals surface area contributed by atoms with Crippen LogP contribution in [0.25, 0.3) is 0 Å². The molecule has 0 aromatic heterocycles. The van der Waals surface area contributed by atoms with Gasteiger partial charge in [0.05, 0.1) is 20.3 Å². The molecule has 21 heavy (non-hydrogen) atoms. The minimum Gasteiger partial charge on any atom is -0.497 e. The van der Waals surface area contributed by atoms with E-state index in [-0.39, 0.29) is 0 Å². The predicted octanol–water partition coefficient (Wildman–Crippen LogP) is 1.55. The van der Waals surface area contributed by atoms with E-state index < -0.39 is 6.10 Å². The quantitative estimate of drug-likeness (QED) is 0.833. The van der Waals surface area contributed by atoms with Gasteiger partial charge in [-0.05, 0) is 50.6 Å². The number of aliphatic hydroxyl groups excluding tert-OH is 1. The van der Waals surface area contributed by atoms with Crippen LogP contribution in [0.1, 0.15) is 30.9 Å². The van der Waals surface area contributed by atoms with Crippen LogP contribution in [0, 0.1) is 0 Å². The minimum absolute atomic E-state index is 0.338. The summed E-state index contributed by atoms with van der Waals surface area (Å²) >= 11 is 0. The number of rotatable bonds is 6. The molecular weight excluding hydrogens is 268 g/mol. The van der Waals surface area contributed by atoms with E-state index in [1.54, 1.807) is 14.2 Å². The molecule has 1 aliphatic rings. The Morgan fingerprint density at radius 3 is 2.62 bits per heavy atom. The number of likely N-dealkylation sites (tertiary alicyclic amines) is 1. The van der Waals surface area contributed by atoms with Crippen LogP contribution in [0.4, 0.5) is 0 Å². The van der Waals surface area contributed by atoms with Crippen molar-refractivity contribution in [3.63, 3.8) is 0 Å². The highest BCUT2D eigenvalue weighted by atomic mass is 16.5. The molecule has 118 valence electrons. The molecule has 1 unspecified atom stereocenters. The summed E-state index contributed by atoms with van der Waals surface area (Å²) in [4.78, 5) is 2.36. The second-order valence-corrected chi connectivity index (χ2v) is 5.59. The van der Waals surface area contributed by atoms with Gasteiger partial charge in [-0.2, -0.15) is 0 Å². The third-order valence-electron chi connectivity index (χ3n) is 4.15. The van der Waals surface area contributed by atoms with Crippen molar-refractivity contribution in [3.8, 4) is 11.5 Å². The average molecular weight is 294 g/mol. The lowest BCUT2D eigenvalue weighted by Crippen LogP contribution is -2.40. The maximum Gasteiger partial charge on any atom is 0.124 e. The first-order valence-electron chi connectivity index (χ1n) is 7.52. The van der Waals surface area contributed by atoms with Gasteiger partial charge in [-0.3, -0.25) is 0 Å². The minimum atomic E-state index is -0.550. The number of hydrogen-bond acceptors (Lipinski definition) is 5. The normalized spacial score (nSPS) is 18.5. The van der Waals surface area contributed by atoms with E-state index in [2.05, 4.69) is 4.90 Å². The standard InChI is InChI=1S/C16H26N2O3/c1-20-13-3-4-16(21-2)14(11-13)15(19)7-10-18-8-5-12(17)6-9-18/h3-4,11-12,15,19H,5-10,17H2,1-2H3. The second kappa shape index (κ2) is 7.64. The number of aliphatic hydroxyl groups is 1. The van der Waals surface area contributed by atoms with Crippen LogP contribution in [-0.4, -0.2) is 49.9 Å². The van der Waals surface area contributed by atoms with Gasteiger partial charge in [0.1, 0.15) is 11.5 Å². The second-order valence-electron chi connectivity index (χ2n) is 5.59. The van der Waals surface area contributed by atoms with E-state index in [9.17, 15) is 5.11 Å². The first kappa shape index (κ1) is 16.1. The zero-order chi connectivity index (χ0) is 15.2. The Labute approximate surface area is 126 Å². The zero-order valence-corrected chi connectivity index (χ0v) is 12.9. The largest absolute Gasteiger partial charge is 0.497 e. The monoisotopic (exact) mass is 294 g/mol. The predicted molar refractivity (Wildman–Crippen MR) is 82.8 cm³/mol. The zero-order valence-electron chi connectivity index (χ0n) is 12.9. The van der Waals surface area contributed by atoms with Crippen LogP contribution >= 0.6 is 0 Å². The lowest BCUT2D eigenvalue weighted by Gasteiger charge is -2.30. The fourth-order valence-corrected chi connectivity index (χ4v) is 2.74. The van der Waals surface area contributed by atoms with Gasteiger partial charge in [0.15, 0.2) is 0 Å². The Hall–Kier alpha value is -1.30. The van der Waals surface area contributed by atoms with Gasteiger partial charge in [-0.1, -0.05) is 0 Å². The molecule has 1 fully saturated rings. The summed E-state index contributed by atoms with van der Waals surface area (Å²) in [6.45, 7) is 2.90. The molecule has 5 heteroatoms. The van der Waals surface area contributed by atoms with Gasteiger partial charge in [-0.25, -0.2) is 0 Å².